The number of fused-ring (bicyclic) bond motifs is 1. The van der Waals surface area contributed by atoms with Gasteiger partial charge in [0.15, 0.2) is 11.5 Å². The summed E-state index contributed by atoms with van der Waals surface area (Å²) in [4.78, 5) is 28.8. The Kier molecular flexibility index (Phi) is 5.09. The van der Waals surface area contributed by atoms with Crippen molar-refractivity contribution < 1.29 is 23.5 Å². The molecule has 2 aromatic rings. The lowest BCUT2D eigenvalue weighted by Gasteiger charge is -2.22. The van der Waals surface area contributed by atoms with E-state index in [0.717, 1.165) is 0 Å². The van der Waals surface area contributed by atoms with Gasteiger partial charge in [0.25, 0.3) is 11.8 Å². The van der Waals surface area contributed by atoms with Crippen LogP contribution in [0.5, 0.6) is 11.5 Å². The first-order valence-corrected chi connectivity index (χ1v) is 9.34. The van der Waals surface area contributed by atoms with Gasteiger partial charge in [-0.1, -0.05) is 23.7 Å². The Bertz CT molecular complexity index is 936. The Morgan fingerprint density at radius 3 is 2.43 bits per heavy atom. The Morgan fingerprint density at radius 1 is 0.964 bits per heavy atom. The van der Waals surface area contributed by atoms with E-state index >= 15 is 0 Å². The second kappa shape index (κ2) is 7.67. The van der Waals surface area contributed by atoms with Gasteiger partial charge in [-0.25, -0.2) is 4.39 Å². The van der Waals surface area contributed by atoms with Gasteiger partial charge in [0.2, 0.25) is 6.79 Å². The van der Waals surface area contributed by atoms with E-state index in [1.165, 1.54) is 12.1 Å². The van der Waals surface area contributed by atoms with E-state index in [2.05, 4.69) is 0 Å². The van der Waals surface area contributed by atoms with Gasteiger partial charge in [-0.2, -0.15) is 0 Å². The van der Waals surface area contributed by atoms with E-state index in [-0.39, 0.29) is 24.2 Å². The molecule has 28 heavy (non-hydrogen) atoms. The lowest BCUT2D eigenvalue weighted by atomic mass is 10.1. The molecule has 0 atom stereocenters. The summed E-state index contributed by atoms with van der Waals surface area (Å²) in [7, 11) is 0. The van der Waals surface area contributed by atoms with Gasteiger partial charge in [0.1, 0.15) is 5.82 Å². The number of carbonyl (C=O) groups excluding carboxylic acids is 2. The van der Waals surface area contributed by atoms with Crippen molar-refractivity contribution >= 4 is 23.4 Å². The van der Waals surface area contributed by atoms with Gasteiger partial charge < -0.3 is 19.3 Å². The van der Waals surface area contributed by atoms with Gasteiger partial charge >= 0.3 is 0 Å². The normalized spacial score (nSPS) is 16.1. The Hall–Kier alpha value is -2.80. The third kappa shape index (κ3) is 3.49. The average Bonchev–Trinajstić information content (AvgIpc) is 3.04. The third-order valence-electron chi connectivity index (χ3n) is 4.85. The average molecular weight is 405 g/mol. The van der Waals surface area contributed by atoms with Crippen LogP contribution in [0.3, 0.4) is 0 Å². The van der Waals surface area contributed by atoms with E-state index in [1.54, 1.807) is 34.1 Å². The Morgan fingerprint density at radius 2 is 1.68 bits per heavy atom. The van der Waals surface area contributed by atoms with Crippen molar-refractivity contribution in [2.45, 2.75) is 6.42 Å². The summed E-state index contributed by atoms with van der Waals surface area (Å²) in [5.74, 6) is -0.212. The fourth-order valence-electron chi connectivity index (χ4n) is 3.40. The summed E-state index contributed by atoms with van der Waals surface area (Å²) < 4.78 is 24.5. The van der Waals surface area contributed by atoms with Crippen molar-refractivity contribution in [3.05, 3.63) is 58.4 Å². The van der Waals surface area contributed by atoms with E-state index in [1.807, 2.05) is 0 Å². The van der Waals surface area contributed by atoms with Crippen LogP contribution in [-0.4, -0.2) is 54.6 Å². The molecule has 6 nitrogen and oxygen atoms in total. The van der Waals surface area contributed by atoms with Crippen LogP contribution in [-0.2, 0) is 0 Å². The highest BCUT2D eigenvalue weighted by Crippen LogP contribution is 2.40. The summed E-state index contributed by atoms with van der Waals surface area (Å²) >= 11 is 6.17. The van der Waals surface area contributed by atoms with Crippen molar-refractivity contribution in [2.24, 2.45) is 0 Å². The highest BCUT2D eigenvalue weighted by atomic mass is 35.5. The third-order valence-corrected chi connectivity index (χ3v) is 5.13. The SMILES string of the molecule is O=C(c1cc(Cl)c2c(c1)OCO2)N1CCCN(C(=O)c2ccccc2F)CC1. The van der Waals surface area contributed by atoms with Crippen LogP contribution in [0, 0.1) is 5.82 Å². The van der Waals surface area contributed by atoms with Crippen LogP contribution in [0.2, 0.25) is 5.02 Å². The fourth-order valence-corrected chi connectivity index (χ4v) is 3.67. The largest absolute Gasteiger partial charge is 0.454 e. The van der Waals surface area contributed by atoms with Crippen molar-refractivity contribution in [1.82, 2.24) is 9.80 Å². The van der Waals surface area contributed by atoms with Gasteiger partial charge in [0.05, 0.1) is 10.6 Å². The molecule has 8 heteroatoms. The first-order valence-electron chi connectivity index (χ1n) is 8.97. The quantitative estimate of drug-likeness (QED) is 0.771. The van der Waals surface area contributed by atoms with Crippen molar-refractivity contribution in [3.63, 3.8) is 0 Å². The number of amides is 2. The number of hydrogen-bond donors (Lipinski definition) is 0. The van der Waals surface area contributed by atoms with Crippen LogP contribution in [0.25, 0.3) is 0 Å². The smallest absolute Gasteiger partial charge is 0.256 e. The molecule has 0 spiro atoms. The molecule has 2 aliphatic rings. The molecule has 2 amide bonds. The highest BCUT2D eigenvalue weighted by molar-refractivity contribution is 6.32. The number of nitrogens with zero attached hydrogens (tertiary/aromatic N) is 2. The van der Waals surface area contributed by atoms with E-state index in [4.69, 9.17) is 21.1 Å². The minimum Gasteiger partial charge on any atom is -0.454 e. The number of hydrogen-bond acceptors (Lipinski definition) is 4. The number of halogens is 2. The predicted octanol–water partition coefficient (Wildman–Crippen LogP) is 3.20. The van der Waals surface area contributed by atoms with Crippen LogP contribution in [0.4, 0.5) is 4.39 Å². The molecule has 2 heterocycles. The summed E-state index contributed by atoms with van der Waals surface area (Å²) in [5, 5.41) is 0.324. The Balaban J connectivity index is 1.47. The molecule has 0 bridgehead atoms. The van der Waals surface area contributed by atoms with Gasteiger partial charge in [-0.15, -0.1) is 0 Å². The van der Waals surface area contributed by atoms with Crippen LogP contribution in [0.1, 0.15) is 27.1 Å². The lowest BCUT2D eigenvalue weighted by Crippen LogP contribution is -2.37. The maximum absolute atomic E-state index is 13.9. The molecule has 146 valence electrons. The summed E-state index contributed by atoms with van der Waals surface area (Å²) in [6, 6.07) is 9.09. The second-order valence-corrected chi connectivity index (χ2v) is 7.02. The van der Waals surface area contributed by atoms with Crippen LogP contribution < -0.4 is 9.47 Å². The number of ether oxygens (including phenoxy) is 2. The molecule has 0 radical (unpaired) electrons. The Labute approximate surface area is 166 Å². The van der Waals surface area contributed by atoms with Crippen molar-refractivity contribution in [1.29, 1.82) is 0 Å². The standard InChI is InChI=1S/C20H18ClFN2O4/c21-15-10-13(11-17-18(15)28-12-27-17)19(25)23-6-3-7-24(9-8-23)20(26)14-4-1-2-5-16(14)22/h1-2,4-5,10-11H,3,6-9,12H2. The first kappa shape index (κ1) is 18.6. The maximum Gasteiger partial charge on any atom is 0.256 e. The number of benzene rings is 2. The van der Waals surface area contributed by atoms with E-state index in [9.17, 15) is 14.0 Å². The van der Waals surface area contributed by atoms with E-state index in [0.29, 0.717) is 54.7 Å². The molecular weight excluding hydrogens is 387 g/mol. The van der Waals surface area contributed by atoms with Gasteiger partial charge in [0, 0.05) is 31.7 Å². The van der Waals surface area contributed by atoms with Crippen molar-refractivity contribution in [3.8, 4) is 11.5 Å². The second-order valence-electron chi connectivity index (χ2n) is 6.61. The zero-order valence-corrected chi connectivity index (χ0v) is 15.7. The molecular formula is C20H18ClFN2O4. The minimum atomic E-state index is -0.542. The predicted molar refractivity (Wildman–Crippen MR) is 100 cm³/mol. The summed E-state index contributed by atoms with van der Waals surface area (Å²) in [6.07, 6.45) is 0.601. The molecule has 0 N–H and O–H groups in total. The summed E-state index contributed by atoms with van der Waals surface area (Å²) in [5.41, 5.74) is 0.452. The number of rotatable bonds is 2. The molecule has 0 aliphatic carbocycles. The minimum absolute atomic E-state index is 0.0461. The fraction of sp³-hybridized carbons (Fsp3) is 0.300. The summed E-state index contributed by atoms with van der Waals surface area (Å²) in [6.45, 7) is 1.70. The highest BCUT2D eigenvalue weighted by Gasteiger charge is 2.27. The molecule has 2 aliphatic heterocycles. The monoisotopic (exact) mass is 404 g/mol. The van der Waals surface area contributed by atoms with Gasteiger partial charge in [-0.05, 0) is 30.7 Å². The molecule has 1 fully saturated rings. The molecule has 0 saturated carbocycles. The van der Waals surface area contributed by atoms with Crippen molar-refractivity contribution in [2.75, 3.05) is 33.0 Å². The number of carbonyl (C=O) groups is 2. The zero-order valence-electron chi connectivity index (χ0n) is 15.0. The van der Waals surface area contributed by atoms with Crippen LogP contribution >= 0.6 is 11.6 Å². The molecule has 0 unspecified atom stereocenters. The molecule has 1 saturated heterocycles. The maximum atomic E-state index is 13.9. The van der Waals surface area contributed by atoms with E-state index < -0.39 is 5.82 Å². The lowest BCUT2D eigenvalue weighted by molar-refractivity contribution is 0.0716. The molecule has 4 rings (SSSR count). The first-order chi connectivity index (χ1) is 13.5. The molecule has 2 aromatic carbocycles. The zero-order chi connectivity index (χ0) is 19.7. The topological polar surface area (TPSA) is 59.1 Å². The van der Waals surface area contributed by atoms with Crippen LogP contribution in [0.15, 0.2) is 36.4 Å². The van der Waals surface area contributed by atoms with Gasteiger partial charge in [-0.3, -0.25) is 9.59 Å². The molecule has 0 aromatic heterocycles.